The van der Waals surface area contributed by atoms with Crippen molar-refractivity contribution in [1.82, 2.24) is 4.98 Å². The van der Waals surface area contributed by atoms with Gasteiger partial charge in [-0.25, -0.2) is 4.98 Å². The third-order valence-corrected chi connectivity index (χ3v) is 3.23. The van der Waals surface area contributed by atoms with Crippen molar-refractivity contribution in [2.75, 3.05) is 11.9 Å². The molecule has 88 valence electrons. The van der Waals surface area contributed by atoms with Gasteiger partial charge in [-0.3, -0.25) is 0 Å². The predicted molar refractivity (Wildman–Crippen MR) is 76.2 cm³/mol. The molecule has 2 aromatic rings. The van der Waals surface area contributed by atoms with E-state index in [1.807, 2.05) is 43.1 Å². The van der Waals surface area contributed by atoms with Crippen LogP contribution in [-0.4, -0.2) is 12.0 Å². The van der Waals surface area contributed by atoms with E-state index in [-0.39, 0.29) is 0 Å². The molecule has 0 aliphatic heterocycles. The van der Waals surface area contributed by atoms with Crippen LogP contribution < -0.4 is 4.90 Å². The molecule has 0 unspecified atom stereocenters. The van der Waals surface area contributed by atoms with E-state index in [4.69, 9.17) is 11.6 Å². The quantitative estimate of drug-likeness (QED) is 0.807. The molecule has 1 aromatic heterocycles. The van der Waals surface area contributed by atoms with Gasteiger partial charge in [0.25, 0.3) is 0 Å². The first-order valence-corrected chi connectivity index (χ1v) is 6.36. The molecule has 0 amide bonds. The molecule has 2 nitrogen and oxygen atoms in total. The second-order valence-corrected chi connectivity index (χ2v) is 5.18. The van der Waals surface area contributed by atoms with Gasteiger partial charge in [-0.15, -0.1) is 0 Å². The molecule has 0 aliphatic carbocycles. The molecular formula is C13H12BrClN2. The lowest BCUT2D eigenvalue weighted by atomic mass is 10.2. The summed E-state index contributed by atoms with van der Waals surface area (Å²) in [5.74, 6) is 0.940. The smallest absolute Gasteiger partial charge is 0.135 e. The molecule has 0 N–H and O–H groups in total. The summed E-state index contributed by atoms with van der Waals surface area (Å²) in [6.07, 6.45) is 1.80. The Morgan fingerprint density at radius 1 is 1.24 bits per heavy atom. The molecule has 2 rings (SSSR count). The van der Waals surface area contributed by atoms with Crippen LogP contribution in [0.25, 0.3) is 0 Å². The van der Waals surface area contributed by atoms with Crippen LogP contribution in [0.2, 0.25) is 5.02 Å². The van der Waals surface area contributed by atoms with Crippen LogP contribution >= 0.6 is 27.5 Å². The number of nitrogens with zero attached hydrogens (tertiary/aromatic N) is 2. The molecule has 0 saturated carbocycles. The van der Waals surface area contributed by atoms with Crippen molar-refractivity contribution in [1.29, 1.82) is 0 Å². The van der Waals surface area contributed by atoms with Gasteiger partial charge in [-0.2, -0.15) is 0 Å². The van der Waals surface area contributed by atoms with Crippen molar-refractivity contribution in [2.45, 2.75) is 6.92 Å². The van der Waals surface area contributed by atoms with E-state index >= 15 is 0 Å². The van der Waals surface area contributed by atoms with Gasteiger partial charge in [0.2, 0.25) is 0 Å². The van der Waals surface area contributed by atoms with Crippen LogP contribution in [0.3, 0.4) is 0 Å². The maximum atomic E-state index is 5.87. The summed E-state index contributed by atoms with van der Waals surface area (Å²) < 4.78 is 0.989. The predicted octanol–water partition coefficient (Wildman–Crippen LogP) is 4.57. The fraction of sp³-hybridized carbons (Fsp3) is 0.154. The van der Waals surface area contributed by atoms with Crippen LogP contribution in [0, 0.1) is 6.92 Å². The summed E-state index contributed by atoms with van der Waals surface area (Å²) in [4.78, 5) is 6.46. The summed E-state index contributed by atoms with van der Waals surface area (Å²) in [5, 5.41) is 0.739. The Balaban J connectivity index is 2.36. The SMILES string of the molecule is Cc1cc(Br)cnc1N(C)c1ccc(Cl)cc1. The lowest BCUT2D eigenvalue weighted by molar-refractivity contribution is 1.10. The maximum Gasteiger partial charge on any atom is 0.135 e. The largest absolute Gasteiger partial charge is 0.329 e. The lowest BCUT2D eigenvalue weighted by Gasteiger charge is -2.20. The van der Waals surface area contributed by atoms with Gasteiger partial charge < -0.3 is 4.90 Å². The zero-order valence-electron chi connectivity index (χ0n) is 9.61. The molecule has 0 atom stereocenters. The van der Waals surface area contributed by atoms with E-state index < -0.39 is 0 Å². The molecule has 17 heavy (non-hydrogen) atoms. The molecule has 1 heterocycles. The highest BCUT2D eigenvalue weighted by Crippen LogP contribution is 2.27. The molecular weight excluding hydrogens is 300 g/mol. The minimum absolute atomic E-state index is 0.739. The van der Waals surface area contributed by atoms with E-state index in [1.165, 1.54) is 0 Å². The van der Waals surface area contributed by atoms with E-state index in [2.05, 4.69) is 27.0 Å². The number of hydrogen-bond donors (Lipinski definition) is 0. The van der Waals surface area contributed by atoms with Crippen molar-refractivity contribution >= 4 is 39.0 Å². The number of aromatic nitrogens is 1. The number of hydrogen-bond acceptors (Lipinski definition) is 2. The Bertz CT molecular complexity index is 525. The topological polar surface area (TPSA) is 16.1 Å². The van der Waals surface area contributed by atoms with Crippen LogP contribution in [0.1, 0.15) is 5.56 Å². The number of anilines is 2. The van der Waals surface area contributed by atoms with Crippen molar-refractivity contribution in [3.63, 3.8) is 0 Å². The normalized spacial score (nSPS) is 10.4. The van der Waals surface area contributed by atoms with Gasteiger partial charge in [0, 0.05) is 28.4 Å². The maximum absolute atomic E-state index is 5.87. The number of pyridine rings is 1. The van der Waals surface area contributed by atoms with Crippen molar-refractivity contribution in [3.8, 4) is 0 Å². The van der Waals surface area contributed by atoms with Crippen LogP contribution in [0.5, 0.6) is 0 Å². The van der Waals surface area contributed by atoms with Gasteiger partial charge in [-0.1, -0.05) is 11.6 Å². The second-order valence-electron chi connectivity index (χ2n) is 3.83. The third-order valence-electron chi connectivity index (χ3n) is 2.55. The Kier molecular flexibility index (Phi) is 3.69. The third kappa shape index (κ3) is 2.79. The summed E-state index contributed by atoms with van der Waals surface area (Å²) in [7, 11) is 1.99. The molecule has 0 saturated heterocycles. The number of aryl methyl sites for hydroxylation is 1. The Labute approximate surface area is 114 Å². The molecule has 0 bridgehead atoms. The van der Waals surface area contributed by atoms with Crippen LogP contribution in [0.15, 0.2) is 41.0 Å². The fourth-order valence-electron chi connectivity index (χ4n) is 1.67. The average molecular weight is 312 g/mol. The van der Waals surface area contributed by atoms with Gasteiger partial charge in [0.1, 0.15) is 5.82 Å². The monoisotopic (exact) mass is 310 g/mol. The zero-order valence-corrected chi connectivity index (χ0v) is 12.0. The van der Waals surface area contributed by atoms with E-state index in [0.29, 0.717) is 0 Å². The summed E-state index contributed by atoms with van der Waals surface area (Å²) in [6, 6.07) is 9.76. The van der Waals surface area contributed by atoms with Gasteiger partial charge in [0.15, 0.2) is 0 Å². The molecule has 0 aliphatic rings. The van der Waals surface area contributed by atoms with Crippen molar-refractivity contribution in [3.05, 3.63) is 51.6 Å². The zero-order chi connectivity index (χ0) is 12.4. The number of rotatable bonds is 2. The van der Waals surface area contributed by atoms with Gasteiger partial charge in [-0.05, 0) is 58.7 Å². The van der Waals surface area contributed by atoms with E-state index in [1.54, 1.807) is 6.20 Å². The minimum atomic E-state index is 0.739. The van der Waals surface area contributed by atoms with Crippen molar-refractivity contribution < 1.29 is 0 Å². The van der Waals surface area contributed by atoms with Crippen LogP contribution in [0.4, 0.5) is 11.5 Å². The highest BCUT2D eigenvalue weighted by Gasteiger charge is 2.08. The Morgan fingerprint density at radius 3 is 2.47 bits per heavy atom. The molecule has 0 spiro atoms. The number of halogens is 2. The minimum Gasteiger partial charge on any atom is -0.329 e. The summed E-state index contributed by atoms with van der Waals surface area (Å²) in [6.45, 7) is 2.04. The van der Waals surface area contributed by atoms with Crippen LogP contribution in [-0.2, 0) is 0 Å². The molecule has 4 heteroatoms. The first-order valence-electron chi connectivity index (χ1n) is 5.19. The molecule has 1 aromatic carbocycles. The lowest BCUT2D eigenvalue weighted by Crippen LogP contribution is -2.12. The second kappa shape index (κ2) is 5.07. The first kappa shape index (κ1) is 12.4. The number of benzene rings is 1. The molecule has 0 radical (unpaired) electrons. The molecule has 0 fully saturated rings. The first-order chi connectivity index (χ1) is 8.08. The average Bonchev–Trinajstić information content (AvgIpc) is 2.29. The standard InChI is InChI=1S/C13H12BrClN2/c1-9-7-10(14)8-16-13(9)17(2)12-5-3-11(15)4-6-12/h3-8H,1-2H3. The van der Waals surface area contributed by atoms with E-state index in [9.17, 15) is 0 Å². The van der Waals surface area contributed by atoms with Crippen molar-refractivity contribution in [2.24, 2.45) is 0 Å². The highest BCUT2D eigenvalue weighted by molar-refractivity contribution is 9.10. The van der Waals surface area contributed by atoms with E-state index in [0.717, 1.165) is 26.6 Å². The highest BCUT2D eigenvalue weighted by atomic mass is 79.9. The summed E-state index contributed by atoms with van der Waals surface area (Å²) >= 11 is 9.29. The van der Waals surface area contributed by atoms with Gasteiger partial charge in [0.05, 0.1) is 0 Å². The fourth-order valence-corrected chi connectivity index (χ4v) is 2.24. The summed E-state index contributed by atoms with van der Waals surface area (Å²) in [5.41, 5.74) is 2.18. The Morgan fingerprint density at radius 2 is 1.88 bits per heavy atom. The Hall–Kier alpha value is -1.06. The van der Waals surface area contributed by atoms with Gasteiger partial charge >= 0.3 is 0 Å².